The molecule has 0 heteroatoms. The third kappa shape index (κ3) is 2.84. The van der Waals surface area contributed by atoms with Gasteiger partial charge in [0.15, 0.2) is 0 Å². The maximum Gasteiger partial charge on any atom is -0.0388 e. The summed E-state index contributed by atoms with van der Waals surface area (Å²) in [7, 11) is 0. The van der Waals surface area contributed by atoms with Gasteiger partial charge in [0.1, 0.15) is 0 Å². The van der Waals surface area contributed by atoms with Gasteiger partial charge in [-0.15, -0.1) is 0 Å². The molecule has 1 unspecified atom stereocenters. The minimum absolute atomic E-state index is 1.01. The summed E-state index contributed by atoms with van der Waals surface area (Å²) in [5, 5.41) is 0. The van der Waals surface area contributed by atoms with E-state index in [-0.39, 0.29) is 0 Å². The molecule has 0 aromatic rings. The summed E-state index contributed by atoms with van der Waals surface area (Å²) in [5.74, 6) is 2.10. The Bertz CT molecular complexity index is 90.2. The van der Waals surface area contributed by atoms with E-state index in [1.165, 1.54) is 44.9 Å². The van der Waals surface area contributed by atoms with Crippen LogP contribution in [-0.2, 0) is 0 Å². The van der Waals surface area contributed by atoms with Gasteiger partial charge in [-0.05, 0) is 11.8 Å². The topological polar surface area (TPSA) is 0 Å². The highest BCUT2D eigenvalue weighted by atomic mass is 14.3. The normalized spacial score (nSPS) is 22.4. The van der Waals surface area contributed by atoms with Crippen molar-refractivity contribution in [3.8, 4) is 0 Å². The van der Waals surface area contributed by atoms with Crippen molar-refractivity contribution in [2.24, 2.45) is 11.8 Å². The quantitative estimate of drug-likeness (QED) is 0.574. The predicted octanol–water partition coefficient (Wildman–Crippen LogP) is 4.00. The molecule has 1 fully saturated rings. The molecule has 0 spiro atoms. The Labute approximate surface area is 71.4 Å². The third-order valence-corrected chi connectivity index (χ3v) is 3.22. The van der Waals surface area contributed by atoms with Crippen molar-refractivity contribution in [1.29, 1.82) is 0 Å². The summed E-state index contributed by atoms with van der Waals surface area (Å²) in [5.41, 5.74) is 0. The average Bonchev–Trinajstić information content (AvgIpc) is 2.52. The second-order valence-corrected chi connectivity index (χ2v) is 4.16. The molecule has 1 aliphatic rings. The zero-order chi connectivity index (χ0) is 8.10. The molecule has 0 amide bonds. The van der Waals surface area contributed by atoms with Crippen molar-refractivity contribution in [1.82, 2.24) is 0 Å². The maximum atomic E-state index is 2.45. The van der Waals surface area contributed by atoms with Crippen LogP contribution in [0, 0.1) is 11.8 Å². The molecular weight excluding hydrogens is 132 g/mol. The van der Waals surface area contributed by atoms with Gasteiger partial charge in [-0.25, -0.2) is 0 Å². The largest absolute Gasteiger partial charge is 0.0654 e. The molecule has 0 heterocycles. The lowest BCUT2D eigenvalue weighted by Crippen LogP contribution is -2.06. The fraction of sp³-hybridized carbons (Fsp3) is 1.00. The molecule has 0 radical (unpaired) electrons. The van der Waals surface area contributed by atoms with E-state index in [1.807, 2.05) is 0 Å². The van der Waals surface area contributed by atoms with E-state index in [1.54, 1.807) is 0 Å². The third-order valence-electron chi connectivity index (χ3n) is 3.22. The average molecular weight is 154 g/mol. The Morgan fingerprint density at radius 3 is 2.45 bits per heavy atom. The molecular formula is C11H22. The highest BCUT2D eigenvalue weighted by Crippen LogP contribution is 2.33. The van der Waals surface area contributed by atoms with Crippen molar-refractivity contribution >= 4 is 0 Å². The first-order valence-electron chi connectivity index (χ1n) is 5.34. The minimum Gasteiger partial charge on any atom is -0.0654 e. The van der Waals surface area contributed by atoms with Gasteiger partial charge in [0.25, 0.3) is 0 Å². The zero-order valence-electron chi connectivity index (χ0n) is 8.10. The lowest BCUT2D eigenvalue weighted by molar-refractivity contribution is 0.337. The first-order valence-corrected chi connectivity index (χ1v) is 5.34. The maximum absolute atomic E-state index is 2.45. The SMILES string of the molecule is CCCCC(C)C1CCCC1. The molecule has 66 valence electrons. The van der Waals surface area contributed by atoms with Gasteiger partial charge in [-0.2, -0.15) is 0 Å². The second-order valence-electron chi connectivity index (χ2n) is 4.16. The first-order chi connectivity index (χ1) is 5.34. The van der Waals surface area contributed by atoms with Crippen LogP contribution in [0.15, 0.2) is 0 Å². The van der Waals surface area contributed by atoms with Crippen LogP contribution in [0.25, 0.3) is 0 Å². The monoisotopic (exact) mass is 154 g/mol. The van der Waals surface area contributed by atoms with Crippen molar-refractivity contribution in [3.05, 3.63) is 0 Å². The van der Waals surface area contributed by atoms with Crippen LogP contribution in [0.3, 0.4) is 0 Å². The molecule has 0 aromatic carbocycles. The smallest absolute Gasteiger partial charge is 0.0388 e. The summed E-state index contributed by atoms with van der Waals surface area (Å²) >= 11 is 0. The molecule has 0 nitrogen and oxygen atoms in total. The van der Waals surface area contributed by atoms with Gasteiger partial charge < -0.3 is 0 Å². The van der Waals surface area contributed by atoms with E-state index in [9.17, 15) is 0 Å². The lowest BCUT2D eigenvalue weighted by atomic mass is 9.88. The fourth-order valence-electron chi connectivity index (χ4n) is 2.29. The lowest BCUT2D eigenvalue weighted by Gasteiger charge is -2.17. The molecule has 1 rings (SSSR count). The standard InChI is InChI=1S/C11H22/c1-3-4-7-10(2)11-8-5-6-9-11/h10-11H,3-9H2,1-2H3. The Morgan fingerprint density at radius 2 is 1.91 bits per heavy atom. The van der Waals surface area contributed by atoms with Crippen molar-refractivity contribution in [3.63, 3.8) is 0 Å². The van der Waals surface area contributed by atoms with E-state index in [2.05, 4.69) is 13.8 Å². The van der Waals surface area contributed by atoms with Crippen molar-refractivity contribution < 1.29 is 0 Å². The van der Waals surface area contributed by atoms with Crippen LogP contribution in [-0.4, -0.2) is 0 Å². The van der Waals surface area contributed by atoms with Gasteiger partial charge >= 0.3 is 0 Å². The molecule has 0 aromatic heterocycles. The second kappa shape index (κ2) is 4.79. The van der Waals surface area contributed by atoms with Crippen molar-refractivity contribution in [2.75, 3.05) is 0 Å². The highest BCUT2D eigenvalue weighted by molar-refractivity contribution is 4.72. The summed E-state index contributed by atoms with van der Waals surface area (Å²) in [6.07, 6.45) is 10.3. The van der Waals surface area contributed by atoms with Crippen LogP contribution in [0.1, 0.15) is 58.8 Å². The van der Waals surface area contributed by atoms with Gasteiger partial charge in [0.05, 0.1) is 0 Å². The molecule has 11 heavy (non-hydrogen) atoms. The molecule has 0 N–H and O–H groups in total. The zero-order valence-corrected chi connectivity index (χ0v) is 8.10. The Morgan fingerprint density at radius 1 is 1.27 bits per heavy atom. The Hall–Kier alpha value is 0. The van der Waals surface area contributed by atoms with Crippen LogP contribution < -0.4 is 0 Å². The summed E-state index contributed by atoms with van der Waals surface area (Å²) in [6.45, 7) is 4.74. The molecule has 1 aliphatic carbocycles. The van der Waals surface area contributed by atoms with Gasteiger partial charge in [-0.1, -0.05) is 58.8 Å². The number of rotatable bonds is 4. The predicted molar refractivity (Wildman–Crippen MR) is 50.6 cm³/mol. The Balaban J connectivity index is 2.12. The van der Waals surface area contributed by atoms with Crippen LogP contribution in [0.5, 0.6) is 0 Å². The number of hydrogen-bond acceptors (Lipinski definition) is 0. The number of unbranched alkanes of at least 4 members (excludes halogenated alkanes) is 1. The van der Waals surface area contributed by atoms with E-state index in [0.29, 0.717) is 0 Å². The van der Waals surface area contributed by atoms with E-state index in [0.717, 1.165) is 11.8 Å². The van der Waals surface area contributed by atoms with E-state index in [4.69, 9.17) is 0 Å². The Kier molecular flexibility index (Phi) is 3.96. The summed E-state index contributed by atoms with van der Waals surface area (Å²) < 4.78 is 0. The van der Waals surface area contributed by atoms with Gasteiger partial charge in [-0.3, -0.25) is 0 Å². The van der Waals surface area contributed by atoms with Crippen LogP contribution >= 0.6 is 0 Å². The highest BCUT2D eigenvalue weighted by Gasteiger charge is 2.20. The summed E-state index contributed by atoms with van der Waals surface area (Å²) in [6, 6.07) is 0. The van der Waals surface area contributed by atoms with Crippen LogP contribution in [0.4, 0.5) is 0 Å². The van der Waals surface area contributed by atoms with Crippen molar-refractivity contribution in [2.45, 2.75) is 58.8 Å². The molecule has 0 bridgehead atoms. The molecule has 0 aliphatic heterocycles. The molecule has 0 saturated heterocycles. The van der Waals surface area contributed by atoms with Gasteiger partial charge in [0.2, 0.25) is 0 Å². The van der Waals surface area contributed by atoms with E-state index < -0.39 is 0 Å². The van der Waals surface area contributed by atoms with E-state index >= 15 is 0 Å². The first kappa shape index (κ1) is 9.09. The fourth-order valence-corrected chi connectivity index (χ4v) is 2.29. The molecule has 1 saturated carbocycles. The van der Waals surface area contributed by atoms with Gasteiger partial charge in [0, 0.05) is 0 Å². The molecule has 1 atom stereocenters. The minimum atomic E-state index is 1.01. The summed E-state index contributed by atoms with van der Waals surface area (Å²) in [4.78, 5) is 0. The number of hydrogen-bond donors (Lipinski definition) is 0. The van der Waals surface area contributed by atoms with Crippen LogP contribution in [0.2, 0.25) is 0 Å².